The number of rotatable bonds is 5. The summed E-state index contributed by atoms with van der Waals surface area (Å²) in [6.07, 6.45) is 10.5. The highest BCUT2D eigenvalue weighted by Crippen LogP contribution is 2.41. The van der Waals surface area contributed by atoms with Crippen molar-refractivity contribution in [2.75, 3.05) is 0 Å². The first kappa shape index (κ1) is 32.7. The number of aromatic nitrogens is 4. The van der Waals surface area contributed by atoms with Crippen LogP contribution in [0.5, 0.6) is 0 Å². The molecule has 4 heteroatoms. The van der Waals surface area contributed by atoms with E-state index in [1.807, 2.05) is 12.4 Å². The van der Waals surface area contributed by atoms with Crippen LogP contribution in [0.2, 0.25) is 0 Å². The molecule has 0 bridgehead atoms. The van der Waals surface area contributed by atoms with E-state index in [2.05, 4.69) is 191 Å². The molecule has 0 radical (unpaired) electrons. The molecule has 12 rings (SSSR count). The Labute approximate surface area is 335 Å². The SMILES string of the molecule is C1=Cc2cccc(-c3nccc4c5ccccc5n(-c5ccc(-c6ccc(-n7c8ccccc8c8ccnc(-c9cccc%10ccccc9%10)c87)cc6)cc5)c34)c2CC1. The van der Waals surface area contributed by atoms with Gasteiger partial charge in [-0.15, -0.1) is 0 Å². The van der Waals surface area contributed by atoms with Gasteiger partial charge in [-0.25, -0.2) is 0 Å². The van der Waals surface area contributed by atoms with Crippen molar-refractivity contribution < 1.29 is 0 Å². The summed E-state index contributed by atoms with van der Waals surface area (Å²) in [5.74, 6) is 0. The van der Waals surface area contributed by atoms with Gasteiger partial charge in [0.2, 0.25) is 0 Å². The van der Waals surface area contributed by atoms with E-state index >= 15 is 0 Å². The molecule has 272 valence electrons. The lowest BCUT2D eigenvalue weighted by Crippen LogP contribution is -2.01. The predicted molar refractivity (Wildman–Crippen MR) is 242 cm³/mol. The molecule has 0 fully saturated rings. The highest BCUT2D eigenvalue weighted by atomic mass is 15.0. The number of para-hydroxylation sites is 2. The Bertz CT molecular complexity index is 3430. The quantitative estimate of drug-likeness (QED) is 0.176. The van der Waals surface area contributed by atoms with Crippen LogP contribution in [0.4, 0.5) is 0 Å². The van der Waals surface area contributed by atoms with Crippen LogP contribution in [0, 0.1) is 0 Å². The number of benzene rings is 7. The molecule has 58 heavy (non-hydrogen) atoms. The third-order valence-corrected chi connectivity index (χ3v) is 12.1. The van der Waals surface area contributed by atoms with E-state index in [1.165, 1.54) is 60.1 Å². The monoisotopic (exact) mass is 740 g/mol. The van der Waals surface area contributed by atoms with Crippen molar-refractivity contribution in [3.8, 4) is 45.0 Å². The minimum Gasteiger partial charge on any atom is -0.307 e. The van der Waals surface area contributed by atoms with Crippen molar-refractivity contribution in [2.45, 2.75) is 12.8 Å². The van der Waals surface area contributed by atoms with E-state index < -0.39 is 0 Å². The Morgan fingerprint density at radius 1 is 0.414 bits per heavy atom. The van der Waals surface area contributed by atoms with Gasteiger partial charge in [0.15, 0.2) is 0 Å². The molecule has 0 atom stereocenters. The largest absolute Gasteiger partial charge is 0.307 e. The summed E-state index contributed by atoms with van der Waals surface area (Å²) < 4.78 is 4.79. The number of hydrogen-bond donors (Lipinski definition) is 0. The lowest BCUT2D eigenvalue weighted by atomic mass is 9.90. The molecule has 0 aliphatic heterocycles. The molecule has 7 aromatic carbocycles. The number of nitrogens with zero attached hydrogens (tertiary/aromatic N) is 4. The molecule has 4 aromatic heterocycles. The fraction of sp³-hybridized carbons (Fsp3) is 0.0370. The van der Waals surface area contributed by atoms with Gasteiger partial charge in [0.1, 0.15) is 0 Å². The number of hydrogen-bond acceptors (Lipinski definition) is 2. The lowest BCUT2D eigenvalue weighted by Gasteiger charge is -2.17. The first-order chi connectivity index (χ1) is 28.8. The zero-order valence-corrected chi connectivity index (χ0v) is 31.7. The van der Waals surface area contributed by atoms with E-state index in [9.17, 15) is 0 Å². The van der Waals surface area contributed by atoms with Gasteiger partial charge in [0.05, 0.1) is 33.5 Å². The maximum atomic E-state index is 5.08. The number of pyridine rings is 2. The minimum atomic E-state index is 0.984. The smallest absolute Gasteiger partial charge is 0.0955 e. The van der Waals surface area contributed by atoms with Crippen LogP contribution in [0.3, 0.4) is 0 Å². The van der Waals surface area contributed by atoms with Gasteiger partial charge in [-0.05, 0) is 94.4 Å². The second-order valence-corrected chi connectivity index (χ2v) is 15.3. The molecule has 0 N–H and O–H groups in total. The van der Waals surface area contributed by atoms with Crippen LogP contribution in [-0.4, -0.2) is 19.1 Å². The second kappa shape index (κ2) is 13.0. The average Bonchev–Trinajstić information content (AvgIpc) is 3.82. The van der Waals surface area contributed by atoms with Crippen LogP contribution >= 0.6 is 0 Å². The Hall–Kier alpha value is -7.56. The average molecular weight is 741 g/mol. The molecule has 11 aromatic rings. The van der Waals surface area contributed by atoms with Crippen molar-refractivity contribution in [1.29, 1.82) is 0 Å². The first-order valence-corrected chi connectivity index (χ1v) is 20.0. The van der Waals surface area contributed by atoms with Crippen LogP contribution in [0.25, 0.3) is 105 Å². The van der Waals surface area contributed by atoms with Crippen LogP contribution < -0.4 is 0 Å². The van der Waals surface area contributed by atoms with Crippen LogP contribution in [0.15, 0.2) is 188 Å². The molecule has 1 aliphatic rings. The molecule has 1 aliphatic carbocycles. The zero-order valence-electron chi connectivity index (χ0n) is 31.7. The Morgan fingerprint density at radius 2 is 0.931 bits per heavy atom. The zero-order chi connectivity index (χ0) is 38.2. The minimum absolute atomic E-state index is 0.984. The van der Waals surface area contributed by atoms with E-state index in [0.29, 0.717) is 0 Å². The molecule has 0 unspecified atom stereocenters. The van der Waals surface area contributed by atoms with Gasteiger partial charge in [-0.3, -0.25) is 9.97 Å². The summed E-state index contributed by atoms with van der Waals surface area (Å²) >= 11 is 0. The van der Waals surface area contributed by atoms with Crippen LogP contribution in [0.1, 0.15) is 17.5 Å². The molecule has 4 heterocycles. The summed E-state index contributed by atoms with van der Waals surface area (Å²) in [7, 11) is 0. The fourth-order valence-corrected chi connectivity index (χ4v) is 9.50. The lowest BCUT2D eigenvalue weighted by molar-refractivity contribution is 0.986. The highest BCUT2D eigenvalue weighted by Gasteiger charge is 2.21. The van der Waals surface area contributed by atoms with Gasteiger partial charge in [-0.1, -0.05) is 133 Å². The molecular formula is C54H36N4. The summed E-state index contributed by atoms with van der Waals surface area (Å²) in [4.78, 5) is 10.1. The van der Waals surface area contributed by atoms with Gasteiger partial charge in [0, 0.05) is 56.4 Å². The molecule has 0 saturated carbocycles. The van der Waals surface area contributed by atoms with Crippen molar-refractivity contribution >= 4 is 60.5 Å². The van der Waals surface area contributed by atoms with Crippen molar-refractivity contribution in [1.82, 2.24) is 19.1 Å². The van der Waals surface area contributed by atoms with Crippen molar-refractivity contribution in [3.05, 3.63) is 199 Å². The molecule has 0 amide bonds. The third-order valence-electron chi connectivity index (χ3n) is 12.1. The van der Waals surface area contributed by atoms with Crippen molar-refractivity contribution in [3.63, 3.8) is 0 Å². The van der Waals surface area contributed by atoms with E-state index in [4.69, 9.17) is 9.97 Å². The maximum absolute atomic E-state index is 5.08. The van der Waals surface area contributed by atoms with E-state index in [-0.39, 0.29) is 0 Å². The van der Waals surface area contributed by atoms with E-state index in [1.54, 1.807) is 0 Å². The topological polar surface area (TPSA) is 35.6 Å². The van der Waals surface area contributed by atoms with Gasteiger partial charge in [0.25, 0.3) is 0 Å². The molecule has 0 spiro atoms. The van der Waals surface area contributed by atoms with Crippen LogP contribution in [-0.2, 0) is 6.42 Å². The Morgan fingerprint density at radius 3 is 1.57 bits per heavy atom. The molecule has 0 saturated heterocycles. The number of fused-ring (bicyclic) bond motifs is 8. The maximum Gasteiger partial charge on any atom is 0.0955 e. The summed E-state index contributed by atoms with van der Waals surface area (Å²) in [6.45, 7) is 0. The number of allylic oxidation sites excluding steroid dienone is 1. The second-order valence-electron chi connectivity index (χ2n) is 15.3. The summed E-state index contributed by atoms with van der Waals surface area (Å²) in [5, 5.41) is 7.27. The Kier molecular flexibility index (Phi) is 7.32. The third kappa shape index (κ3) is 4.95. The van der Waals surface area contributed by atoms with Gasteiger partial charge < -0.3 is 9.13 Å². The summed E-state index contributed by atoms with van der Waals surface area (Å²) in [5.41, 5.74) is 16.2. The van der Waals surface area contributed by atoms with E-state index in [0.717, 1.165) is 63.3 Å². The predicted octanol–water partition coefficient (Wildman–Crippen LogP) is 13.8. The standard InChI is InChI=1S/C54H36N4/c1-3-15-41-37(11-1)13-9-19-45(41)51-53-47(31-33-55-51)43-17-5-7-21-49(43)57(53)39-27-23-35(24-28-39)36-25-29-40(30-26-36)58-50-22-8-6-18-44(50)48-32-34-56-52(54(48)58)46-20-10-14-38-12-2-4-16-42(38)46/h1-3,5-15,17-34H,4,16H2. The van der Waals surface area contributed by atoms with Crippen molar-refractivity contribution in [2.24, 2.45) is 0 Å². The summed E-state index contributed by atoms with van der Waals surface area (Å²) in [6, 6.07) is 61.4. The molecular weight excluding hydrogens is 705 g/mol. The first-order valence-electron chi connectivity index (χ1n) is 20.0. The Balaban J connectivity index is 0.972. The molecule has 4 nitrogen and oxygen atoms in total. The highest BCUT2D eigenvalue weighted by molar-refractivity contribution is 6.15. The van der Waals surface area contributed by atoms with Gasteiger partial charge in [-0.2, -0.15) is 0 Å². The fourth-order valence-electron chi connectivity index (χ4n) is 9.50. The normalized spacial score (nSPS) is 12.6. The van der Waals surface area contributed by atoms with Gasteiger partial charge >= 0.3 is 0 Å².